The van der Waals surface area contributed by atoms with Crippen molar-refractivity contribution >= 4 is 5.97 Å². The second-order valence-electron chi connectivity index (χ2n) is 3.03. The van der Waals surface area contributed by atoms with Gasteiger partial charge in [-0.15, -0.1) is 0 Å². The maximum atomic E-state index is 10.8. The number of carboxylic acids is 1. The van der Waals surface area contributed by atoms with Gasteiger partial charge >= 0.3 is 5.97 Å². The fourth-order valence-corrected chi connectivity index (χ4v) is 1.51. The van der Waals surface area contributed by atoms with Crippen LogP contribution < -0.4 is 5.32 Å². The zero-order valence-electron chi connectivity index (χ0n) is 7.34. The molecule has 1 rings (SSSR count). The lowest BCUT2D eigenvalue weighted by Crippen LogP contribution is -2.32. The molecule has 0 amide bonds. The monoisotopic (exact) mass is 169 g/mol. The maximum absolute atomic E-state index is 10.8. The summed E-state index contributed by atoms with van der Waals surface area (Å²) in [6.45, 7) is 2.93. The van der Waals surface area contributed by atoms with Crippen molar-refractivity contribution < 1.29 is 9.90 Å². The molecule has 1 atom stereocenters. The predicted molar refractivity (Wildman–Crippen MR) is 46.7 cm³/mol. The number of hydrogen-bond donors (Lipinski definition) is 2. The van der Waals surface area contributed by atoms with E-state index in [-0.39, 0.29) is 5.92 Å². The van der Waals surface area contributed by atoms with Crippen molar-refractivity contribution in [1.29, 1.82) is 0 Å². The third kappa shape index (κ3) is 2.00. The van der Waals surface area contributed by atoms with E-state index in [1.165, 1.54) is 0 Å². The third-order valence-electron chi connectivity index (χ3n) is 2.10. The van der Waals surface area contributed by atoms with Gasteiger partial charge in [-0.3, -0.25) is 4.79 Å². The Labute approximate surface area is 72.5 Å². The van der Waals surface area contributed by atoms with Gasteiger partial charge in [0.1, 0.15) is 0 Å². The molecule has 1 heterocycles. The Balaban J connectivity index is 2.67. The molecule has 2 N–H and O–H groups in total. The Morgan fingerprint density at radius 1 is 1.83 bits per heavy atom. The van der Waals surface area contributed by atoms with Gasteiger partial charge in [-0.25, -0.2) is 0 Å². The van der Waals surface area contributed by atoms with E-state index >= 15 is 0 Å². The van der Waals surface area contributed by atoms with Crippen molar-refractivity contribution in [3.05, 3.63) is 11.8 Å². The molecule has 3 heteroatoms. The summed E-state index contributed by atoms with van der Waals surface area (Å²) in [4.78, 5) is 10.8. The van der Waals surface area contributed by atoms with Gasteiger partial charge < -0.3 is 10.4 Å². The summed E-state index contributed by atoms with van der Waals surface area (Å²) in [6, 6.07) is 0. The molecule has 1 fully saturated rings. The first kappa shape index (κ1) is 9.10. The summed E-state index contributed by atoms with van der Waals surface area (Å²) in [5, 5.41) is 12.0. The first-order valence-electron chi connectivity index (χ1n) is 4.42. The minimum Gasteiger partial charge on any atom is -0.481 e. The molecule has 12 heavy (non-hydrogen) atoms. The number of aliphatic carboxylic acids is 1. The smallest absolute Gasteiger partial charge is 0.312 e. The SMILES string of the molecule is CCC=C1NCCCC1C(=O)O. The van der Waals surface area contributed by atoms with E-state index in [4.69, 9.17) is 5.11 Å². The van der Waals surface area contributed by atoms with Crippen LogP contribution in [-0.4, -0.2) is 17.6 Å². The second-order valence-corrected chi connectivity index (χ2v) is 3.03. The number of carboxylic acid groups (broad SMARTS) is 1. The molecule has 0 radical (unpaired) electrons. The minimum atomic E-state index is -0.707. The van der Waals surface area contributed by atoms with Crippen LogP contribution in [0.1, 0.15) is 26.2 Å². The average molecular weight is 169 g/mol. The molecule has 1 aliphatic rings. The second kappa shape index (κ2) is 4.14. The summed E-state index contributed by atoms with van der Waals surface area (Å²) in [5.74, 6) is -0.999. The van der Waals surface area contributed by atoms with Gasteiger partial charge in [0.05, 0.1) is 5.92 Å². The highest BCUT2D eigenvalue weighted by molar-refractivity contribution is 5.73. The van der Waals surface area contributed by atoms with E-state index < -0.39 is 5.97 Å². The fourth-order valence-electron chi connectivity index (χ4n) is 1.51. The fraction of sp³-hybridized carbons (Fsp3) is 0.667. The lowest BCUT2D eigenvalue weighted by atomic mass is 9.95. The topological polar surface area (TPSA) is 49.3 Å². The van der Waals surface area contributed by atoms with E-state index in [1.54, 1.807) is 0 Å². The van der Waals surface area contributed by atoms with Gasteiger partial charge in [0, 0.05) is 12.2 Å². The normalized spacial score (nSPS) is 26.8. The molecule has 1 unspecified atom stereocenters. The third-order valence-corrected chi connectivity index (χ3v) is 2.10. The highest BCUT2D eigenvalue weighted by atomic mass is 16.4. The van der Waals surface area contributed by atoms with Crippen LogP contribution in [0, 0.1) is 5.92 Å². The van der Waals surface area contributed by atoms with Crippen molar-refractivity contribution in [3.8, 4) is 0 Å². The van der Waals surface area contributed by atoms with Crippen LogP contribution in [0.3, 0.4) is 0 Å². The zero-order chi connectivity index (χ0) is 8.97. The molecule has 0 aromatic carbocycles. The lowest BCUT2D eigenvalue weighted by molar-refractivity contribution is -0.141. The summed E-state index contributed by atoms with van der Waals surface area (Å²) in [5.41, 5.74) is 0.899. The largest absolute Gasteiger partial charge is 0.481 e. The average Bonchev–Trinajstić information content (AvgIpc) is 2.05. The molecular weight excluding hydrogens is 154 g/mol. The number of nitrogens with one attached hydrogen (secondary N) is 1. The molecule has 0 saturated carbocycles. The van der Waals surface area contributed by atoms with E-state index in [0.717, 1.165) is 31.5 Å². The predicted octanol–water partition coefficient (Wildman–Crippen LogP) is 1.36. The van der Waals surface area contributed by atoms with Crippen molar-refractivity contribution in [3.63, 3.8) is 0 Å². The zero-order valence-corrected chi connectivity index (χ0v) is 7.34. The Bertz CT molecular complexity index is 199. The van der Waals surface area contributed by atoms with Crippen LogP contribution in [0.15, 0.2) is 11.8 Å². The van der Waals surface area contributed by atoms with Crippen LogP contribution in [-0.2, 0) is 4.79 Å². The van der Waals surface area contributed by atoms with Gasteiger partial charge in [-0.1, -0.05) is 13.0 Å². The summed E-state index contributed by atoms with van der Waals surface area (Å²) < 4.78 is 0. The molecule has 1 saturated heterocycles. The highest BCUT2D eigenvalue weighted by Crippen LogP contribution is 2.19. The molecule has 68 valence electrons. The van der Waals surface area contributed by atoms with E-state index in [1.807, 2.05) is 13.0 Å². The number of carbonyl (C=O) groups is 1. The number of hydrogen-bond acceptors (Lipinski definition) is 2. The van der Waals surface area contributed by atoms with Crippen molar-refractivity contribution in [1.82, 2.24) is 5.32 Å². The molecule has 0 aromatic rings. The van der Waals surface area contributed by atoms with Gasteiger partial charge in [0.2, 0.25) is 0 Å². The number of rotatable bonds is 2. The van der Waals surface area contributed by atoms with Crippen LogP contribution in [0.5, 0.6) is 0 Å². The van der Waals surface area contributed by atoms with Gasteiger partial charge in [0.25, 0.3) is 0 Å². The number of allylic oxidation sites excluding steroid dienone is 1. The van der Waals surface area contributed by atoms with Crippen molar-refractivity contribution in [2.45, 2.75) is 26.2 Å². The number of piperidine rings is 1. The first-order chi connectivity index (χ1) is 5.75. The van der Waals surface area contributed by atoms with Crippen LogP contribution in [0.25, 0.3) is 0 Å². The standard InChI is InChI=1S/C9H15NO2/c1-2-4-8-7(9(11)12)5-3-6-10-8/h4,7,10H,2-3,5-6H2,1H3,(H,11,12). The van der Waals surface area contributed by atoms with Crippen LogP contribution in [0.4, 0.5) is 0 Å². The van der Waals surface area contributed by atoms with Crippen molar-refractivity contribution in [2.24, 2.45) is 5.92 Å². The Hall–Kier alpha value is -0.990. The van der Waals surface area contributed by atoms with Crippen LogP contribution in [0.2, 0.25) is 0 Å². The minimum absolute atomic E-state index is 0.293. The molecule has 0 aromatic heterocycles. The van der Waals surface area contributed by atoms with Crippen LogP contribution >= 0.6 is 0 Å². The van der Waals surface area contributed by atoms with Crippen molar-refractivity contribution in [2.75, 3.05) is 6.54 Å². The Kier molecular flexibility index (Phi) is 3.14. The molecule has 0 bridgehead atoms. The molecular formula is C9H15NO2. The molecule has 1 aliphatic heterocycles. The summed E-state index contributed by atoms with van der Waals surface area (Å²) in [6.07, 6.45) is 4.59. The van der Waals surface area contributed by atoms with Gasteiger partial charge in [-0.2, -0.15) is 0 Å². The summed E-state index contributed by atoms with van der Waals surface area (Å²) in [7, 11) is 0. The quantitative estimate of drug-likeness (QED) is 0.656. The Morgan fingerprint density at radius 3 is 3.17 bits per heavy atom. The Morgan fingerprint density at radius 2 is 2.58 bits per heavy atom. The molecule has 0 aliphatic carbocycles. The van der Waals surface area contributed by atoms with E-state index in [2.05, 4.69) is 5.32 Å². The maximum Gasteiger partial charge on any atom is 0.312 e. The van der Waals surface area contributed by atoms with E-state index in [0.29, 0.717) is 0 Å². The molecule has 0 spiro atoms. The summed E-state index contributed by atoms with van der Waals surface area (Å²) >= 11 is 0. The lowest BCUT2D eigenvalue weighted by Gasteiger charge is -2.23. The van der Waals surface area contributed by atoms with Gasteiger partial charge in [0.15, 0.2) is 0 Å². The highest BCUT2D eigenvalue weighted by Gasteiger charge is 2.24. The van der Waals surface area contributed by atoms with Gasteiger partial charge in [-0.05, 0) is 19.3 Å². The molecule has 3 nitrogen and oxygen atoms in total. The first-order valence-corrected chi connectivity index (χ1v) is 4.42. The van der Waals surface area contributed by atoms with E-state index in [9.17, 15) is 4.79 Å².